The monoisotopic (exact) mass is 441 g/mol. The standard InChI is InChI=1S/C19H23N9O4/c1-31-14-7-5-6-12(16(14)29)10-21-23-19(30)15-13(11-27-8-3-2-4-9-27)28(26-22-15)18-17(20)24-32-25-18/h5-7,10,29H,2-4,8-9,11H2,1H3,(H2,20,24)(H,23,30). The Bertz CT molecular complexity index is 1120. The van der Waals surface area contributed by atoms with Gasteiger partial charge in [-0.05, 0) is 41.2 Å². The average molecular weight is 441 g/mol. The molecule has 0 unspecified atom stereocenters. The zero-order valence-corrected chi connectivity index (χ0v) is 17.4. The van der Waals surface area contributed by atoms with Crippen molar-refractivity contribution in [3.8, 4) is 17.3 Å². The Kier molecular flexibility index (Phi) is 6.26. The number of hydrazone groups is 1. The normalized spacial score (nSPS) is 14.7. The number of benzene rings is 1. The Morgan fingerprint density at radius 2 is 2.19 bits per heavy atom. The molecule has 1 aliphatic rings. The van der Waals surface area contributed by atoms with Gasteiger partial charge in [0.05, 0.1) is 26.4 Å². The molecule has 168 valence electrons. The number of hydrogen-bond acceptors (Lipinski definition) is 10. The van der Waals surface area contributed by atoms with Crippen molar-refractivity contribution in [1.29, 1.82) is 0 Å². The van der Waals surface area contributed by atoms with E-state index in [4.69, 9.17) is 10.5 Å². The molecule has 0 radical (unpaired) electrons. The maximum absolute atomic E-state index is 12.8. The Balaban J connectivity index is 1.57. The Labute approximate surface area is 182 Å². The summed E-state index contributed by atoms with van der Waals surface area (Å²) >= 11 is 0. The molecular weight excluding hydrogens is 418 g/mol. The van der Waals surface area contributed by atoms with Crippen molar-refractivity contribution in [3.05, 3.63) is 35.2 Å². The van der Waals surface area contributed by atoms with Gasteiger partial charge < -0.3 is 20.5 Å². The van der Waals surface area contributed by atoms with Crippen LogP contribution in [0, 0.1) is 0 Å². The van der Waals surface area contributed by atoms with Crippen LogP contribution in [-0.4, -0.2) is 57.6 Å². The summed E-state index contributed by atoms with van der Waals surface area (Å²) in [7, 11) is 1.41. The fourth-order valence-electron chi connectivity index (χ4n) is 3.62. The van der Waals surface area contributed by atoms with E-state index in [0.717, 1.165) is 25.9 Å². The van der Waals surface area contributed by atoms with Crippen LogP contribution in [0.1, 0.15) is 41.0 Å². The van der Waals surface area contributed by atoms with Crippen LogP contribution in [0.15, 0.2) is 27.9 Å². The molecule has 1 aromatic carbocycles. The van der Waals surface area contributed by atoms with Gasteiger partial charge in [-0.1, -0.05) is 23.1 Å². The molecule has 0 aliphatic carbocycles. The number of nitrogens with two attached hydrogens (primary N) is 1. The minimum atomic E-state index is -0.579. The number of carbonyl (C=O) groups is 1. The molecule has 0 bridgehead atoms. The molecule has 32 heavy (non-hydrogen) atoms. The SMILES string of the molecule is COc1cccc(C=NNC(=O)c2nnn(-c3nonc3N)c2C[NH+]2CCCCC2)c1[O-]. The second-order valence-electron chi connectivity index (χ2n) is 7.33. The predicted octanol–water partition coefficient (Wildman–Crippen LogP) is -1.35. The first-order valence-electron chi connectivity index (χ1n) is 10.1. The quantitative estimate of drug-likeness (QED) is 0.296. The zero-order chi connectivity index (χ0) is 22.5. The lowest BCUT2D eigenvalue weighted by molar-refractivity contribution is -0.918. The largest absolute Gasteiger partial charge is 0.870 e. The second-order valence-corrected chi connectivity index (χ2v) is 7.33. The van der Waals surface area contributed by atoms with E-state index in [0.29, 0.717) is 12.2 Å². The number of piperidine rings is 1. The molecular formula is C19H23N9O4. The lowest BCUT2D eigenvalue weighted by Gasteiger charge is -2.23. The van der Waals surface area contributed by atoms with Gasteiger partial charge in [0, 0.05) is 0 Å². The third-order valence-corrected chi connectivity index (χ3v) is 5.25. The van der Waals surface area contributed by atoms with Crippen LogP contribution >= 0.6 is 0 Å². The van der Waals surface area contributed by atoms with Crippen molar-refractivity contribution in [1.82, 2.24) is 30.7 Å². The summed E-state index contributed by atoms with van der Waals surface area (Å²) < 4.78 is 11.0. The zero-order valence-electron chi connectivity index (χ0n) is 17.4. The van der Waals surface area contributed by atoms with Gasteiger partial charge in [-0.2, -0.15) is 9.78 Å². The molecule has 2 aromatic heterocycles. The van der Waals surface area contributed by atoms with E-state index in [-0.39, 0.29) is 34.4 Å². The van der Waals surface area contributed by atoms with Crippen LogP contribution in [0.3, 0.4) is 0 Å². The first-order chi connectivity index (χ1) is 15.6. The Hall–Kier alpha value is -4.00. The number of carbonyl (C=O) groups excluding carboxylic acids is 1. The number of hydrogen-bond donors (Lipinski definition) is 3. The lowest BCUT2D eigenvalue weighted by atomic mass is 10.1. The number of ether oxygens (including phenoxy) is 1. The molecule has 1 aliphatic heterocycles. The summed E-state index contributed by atoms with van der Waals surface area (Å²) in [5.41, 5.74) is 9.08. The molecule has 0 atom stereocenters. The number of nitrogens with zero attached hydrogens (tertiary/aromatic N) is 6. The number of nitrogen functional groups attached to an aromatic ring is 1. The molecule has 3 aromatic rings. The Morgan fingerprint density at radius 3 is 2.91 bits per heavy atom. The van der Waals surface area contributed by atoms with Crippen LogP contribution in [0.25, 0.3) is 5.82 Å². The van der Waals surface area contributed by atoms with E-state index in [2.05, 4.69) is 35.8 Å². The summed E-state index contributed by atoms with van der Waals surface area (Å²) in [4.78, 5) is 14.1. The molecule has 3 heterocycles. The summed E-state index contributed by atoms with van der Waals surface area (Å²) in [6.45, 7) is 2.43. The number of aromatic nitrogens is 5. The summed E-state index contributed by atoms with van der Waals surface area (Å²) in [6.07, 6.45) is 4.65. The van der Waals surface area contributed by atoms with Crippen molar-refractivity contribution in [2.45, 2.75) is 25.8 Å². The van der Waals surface area contributed by atoms with Gasteiger partial charge in [0.2, 0.25) is 11.6 Å². The number of amides is 1. The number of likely N-dealkylation sites (tertiary alicyclic amines) is 1. The molecule has 1 saturated heterocycles. The van der Waals surface area contributed by atoms with E-state index in [1.807, 2.05) is 0 Å². The smallest absolute Gasteiger partial charge is 0.294 e. The highest BCUT2D eigenvalue weighted by Gasteiger charge is 2.27. The molecule has 0 saturated carbocycles. The Morgan fingerprint density at radius 1 is 1.38 bits per heavy atom. The maximum Gasteiger partial charge on any atom is 0.294 e. The van der Waals surface area contributed by atoms with Crippen LogP contribution in [0.4, 0.5) is 5.82 Å². The van der Waals surface area contributed by atoms with Gasteiger partial charge >= 0.3 is 0 Å². The third-order valence-electron chi connectivity index (χ3n) is 5.25. The van der Waals surface area contributed by atoms with Crippen molar-refractivity contribution in [2.24, 2.45) is 5.10 Å². The summed E-state index contributed by atoms with van der Waals surface area (Å²) in [5.74, 6) is -0.518. The van der Waals surface area contributed by atoms with Crippen LogP contribution in [-0.2, 0) is 6.54 Å². The van der Waals surface area contributed by atoms with E-state index in [1.54, 1.807) is 18.2 Å². The van der Waals surface area contributed by atoms with Gasteiger partial charge in [-0.25, -0.2) is 10.1 Å². The van der Waals surface area contributed by atoms with Gasteiger partial charge in [-0.15, -0.1) is 5.10 Å². The van der Waals surface area contributed by atoms with E-state index < -0.39 is 5.91 Å². The highest BCUT2D eigenvalue weighted by molar-refractivity contribution is 5.94. The molecule has 4 N–H and O–H groups in total. The first-order valence-corrected chi connectivity index (χ1v) is 10.1. The summed E-state index contributed by atoms with van der Waals surface area (Å²) in [6, 6.07) is 4.78. The van der Waals surface area contributed by atoms with Crippen molar-refractivity contribution < 1.29 is 24.2 Å². The fourth-order valence-corrected chi connectivity index (χ4v) is 3.62. The molecule has 1 fully saturated rings. The minimum Gasteiger partial charge on any atom is -0.870 e. The molecule has 13 heteroatoms. The average Bonchev–Trinajstić information content (AvgIpc) is 3.41. The molecule has 13 nitrogen and oxygen atoms in total. The second kappa shape index (κ2) is 9.43. The number of nitrogens with one attached hydrogen (secondary N) is 2. The number of methoxy groups -OCH3 is 1. The minimum absolute atomic E-state index is 0.0378. The van der Waals surface area contributed by atoms with Gasteiger partial charge in [0.15, 0.2) is 5.69 Å². The molecule has 0 spiro atoms. The van der Waals surface area contributed by atoms with Crippen molar-refractivity contribution in [3.63, 3.8) is 0 Å². The first kappa shape index (κ1) is 21.2. The highest BCUT2D eigenvalue weighted by Crippen LogP contribution is 2.25. The van der Waals surface area contributed by atoms with Crippen LogP contribution in [0.2, 0.25) is 0 Å². The number of para-hydroxylation sites is 1. The van der Waals surface area contributed by atoms with E-state index in [1.165, 1.54) is 29.3 Å². The highest BCUT2D eigenvalue weighted by atomic mass is 16.6. The van der Waals surface area contributed by atoms with Crippen LogP contribution in [0.5, 0.6) is 11.5 Å². The van der Waals surface area contributed by atoms with Gasteiger partial charge in [-0.3, -0.25) is 4.79 Å². The number of anilines is 1. The lowest BCUT2D eigenvalue weighted by Crippen LogP contribution is -3.11. The van der Waals surface area contributed by atoms with Crippen molar-refractivity contribution >= 4 is 17.9 Å². The van der Waals surface area contributed by atoms with Crippen LogP contribution < -0.4 is 25.9 Å². The van der Waals surface area contributed by atoms with Gasteiger partial charge in [0.1, 0.15) is 18.0 Å². The molecule has 1 amide bonds. The van der Waals surface area contributed by atoms with Gasteiger partial charge in [0.25, 0.3) is 5.91 Å². The maximum atomic E-state index is 12.8. The van der Waals surface area contributed by atoms with E-state index >= 15 is 0 Å². The molecule has 4 rings (SSSR count). The number of quaternary nitrogens is 1. The fraction of sp³-hybridized carbons (Fsp3) is 0.368. The predicted molar refractivity (Wildman–Crippen MR) is 109 cm³/mol. The topological polar surface area (TPSA) is 174 Å². The van der Waals surface area contributed by atoms with Crippen molar-refractivity contribution in [2.75, 3.05) is 25.9 Å². The number of rotatable bonds is 7. The van der Waals surface area contributed by atoms with E-state index in [9.17, 15) is 9.90 Å². The summed E-state index contributed by atoms with van der Waals surface area (Å²) in [5, 5.41) is 31.5. The third kappa shape index (κ3) is 4.37.